The van der Waals surface area contributed by atoms with Crippen LogP contribution < -0.4 is 16.2 Å². The van der Waals surface area contributed by atoms with Gasteiger partial charge in [0.25, 0.3) is 0 Å². The summed E-state index contributed by atoms with van der Waals surface area (Å²) in [5.41, 5.74) is 11.0. The van der Waals surface area contributed by atoms with Crippen LogP contribution in [0.25, 0.3) is 11.3 Å². The average Bonchev–Trinajstić information content (AvgIpc) is 2.39. The van der Waals surface area contributed by atoms with Crippen molar-refractivity contribution >= 4 is 23.4 Å². The van der Waals surface area contributed by atoms with Gasteiger partial charge in [0.15, 0.2) is 0 Å². The first-order valence-corrected chi connectivity index (χ1v) is 5.88. The minimum absolute atomic E-state index is 0.0272. The van der Waals surface area contributed by atoms with Crippen LogP contribution in [-0.2, 0) is 0 Å². The third-order valence-electron chi connectivity index (χ3n) is 2.48. The molecule has 9 heteroatoms. The molecular formula is C12H8ClF2N5O. The number of nitrogen functional groups attached to an aromatic ring is 2. The highest BCUT2D eigenvalue weighted by Crippen LogP contribution is 2.35. The number of alkyl halides is 2. The lowest BCUT2D eigenvalue weighted by atomic mass is 10.1. The Balaban J connectivity index is 2.72. The number of hydrogen-bond donors (Lipinski definition) is 2. The number of halogens is 3. The number of aromatic nitrogens is 2. The van der Waals surface area contributed by atoms with Crippen LogP contribution in [0.4, 0.5) is 20.5 Å². The zero-order chi connectivity index (χ0) is 15.6. The monoisotopic (exact) mass is 311 g/mol. The molecule has 1 heterocycles. The third-order valence-corrected chi connectivity index (χ3v) is 2.71. The quantitative estimate of drug-likeness (QED) is 0.900. The lowest BCUT2D eigenvalue weighted by Crippen LogP contribution is -2.07. The number of hydrogen-bond acceptors (Lipinski definition) is 6. The predicted octanol–water partition coefficient (Wildman–Crippen LogP) is 2.43. The van der Waals surface area contributed by atoms with Crippen molar-refractivity contribution in [3.05, 3.63) is 28.8 Å². The normalized spacial score (nSPS) is 10.4. The van der Waals surface area contributed by atoms with Gasteiger partial charge in [-0.2, -0.15) is 19.0 Å². The van der Waals surface area contributed by atoms with E-state index in [2.05, 4.69) is 14.7 Å². The summed E-state index contributed by atoms with van der Waals surface area (Å²) in [5, 5.41) is 9.36. The Morgan fingerprint density at radius 1 is 1.29 bits per heavy atom. The maximum atomic E-state index is 12.5. The van der Waals surface area contributed by atoms with E-state index >= 15 is 0 Å². The van der Waals surface area contributed by atoms with Gasteiger partial charge in [-0.3, -0.25) is 0 Å². The molecule has 0 unspecified atom stereocenters. The Labute approximate surface area is 122 Å². The zero-order valence-electron chi connectivity index (χ0n) is 10.3. The number of ether oxygens (including phenoxy) is 1. The summed E-state index contributed by atoms with van der Waals surface area (Å²) in [7, 11) is 0. The van der Waals surface area contributed by atoms with Gasteiger partial charge in [-0.1, -0.05) is 11.6 Å². The van der Waals surface area contributed by atoms with Crippen LogP contribution in [0.5, 0.6) is 5.75 Å². The van der Waals surface area contributed by atoms with Crippen molar-refractivity contribution in [2.45, 2.75) is 6.61 Å². The van der Waals surface area contributed by atoms with E-state index in [9.17, 15) is 8.78 Å². The molecule has 0 radical (unpaired) electrons. The highest BCUT2D eigenvalue weighted by Gasteiger charge is 2.19. The summed E-state index contributed by atoms with van der Waals surface area (Å²) in [4.78, 5) is 7.51. The molecular weight excluding hydrogens is 304 g/mol. The van der Waals surface area contributed by atoms with E-state index in [1.807, 2.05) is 0 Å². The summed E-state index contributed by atoms with van der Waals surface area (Å²) in [6.45, 7) is -3.05. The molecule has 108 valence electrons. The second-order valence-electron chi connectivity index (χ2n) is 3.82. The Bertz CT molecular complexity index is 732. The Morgan fingerprint density at radius 3 is 2.62 bits per heavy atom. The Kier molecular flexibility index (Phi) is 4.05. The van der Waals surface area contributed by atoms with E-state index in [1.165, 1.54) is 18.2 Å². The molecule has 1 aromatic carbocycles. The molecule has 0 bridgehead atoms. The van der Waals surface area contributed by atoms with Crippen LogP contribution >= 0.6 is 11.6 Å². The van der Waals surface area contributed by atoms with Crippen molar-refractivity contribution in [3.8, 4) is 23.1 Å². The largest absolute Gasteiger partial charge is 0.434 e. The van der Waals surface area contributed by atoms with E-state index in [4.69, 9.17) is 28.3 Å². The van der Waals surface area contributed by atoms with Gasteiger partial charge in [-0.05, 0) is 18.2 Å². The van der Waals surface area contributed by atoms with Gasteiger partial charge in [0, 0.05) is 10.6 Å². The van der Waals surface area contributed by atoms with Crippen LogP contribution in [0.1, 0.15) is 5.56 Å². The number of benzene rings is 1. The molecule has 0 spiro atoms. The van der Waals surface area contributed by atoms with Crippen LogP contribution in [-0.4, -0.2) is 16.6 Å². The number of anilines is 2. The van der Waals surface area contributed by atoms with Gasteiger partial charge in [0.05, 0.1) is 5.69 Å². The van der Waals surface area contributed by atoms with E-state index in [-0.39, 0.29) is 39.4 Å². The van der Waals surface area contributed by atoms with Gasteiger partial charge in [0.2, 0.25) is 5.95 Å². The minimum atomic E-state index is -3.05. The lowest BCUT2D eigenvalue weighted by Gasteiger charge is -2.12. The van der Waals surface area contributed by atoms with Crippen molar-refractivity contribution in [1.29, 1.82) is 5.26 Å². The van der Waals surface area contributed by atoms with Crippen LogP contribution in [0.15, 0.2) is 18.2 Å². The number of rotatable bonds is 3. The molecule has 1 aromatic heterocycles. The molecule has 0 saturated carbocycles. The SMILES string of the molecule is N#Cc1c(N)nc(N)nc1-c1cc(Cl)ccc1OC(F)F. The highest BCUT2D eigenvalue weighted by atomic mass is 35.5. The fourth-order valence-corrected chi connectivity index (χ4v) is 1.86. The molecule has 0 saturated heterocycles. The van der Waals surface area contributed by atoms with E-state index in [1.54, 1.807) is 6.07 Å². The second-order valence-corrected chi connectivity index (χ2v) is 4.26. The summed E-state index contributed by atoms with van der Waals surface area (Å²) in [5.74, 6) is -0.573. The molecule has 6 nitrogen and oxygen atoms in total. The molecule has 0 fully saturated rings. The molecule has 0 aliphatic rings. The topological polar surface area (TPSA) is 111 Å². The molecule has 4 N–H and O–H groups in total. The van der Waals surface area contributed by atoms with Crippen molar-refractivity contribution < 1.29 is 13.5 Å². The van der Waals surface area contributed by atoms with Gasteiger partial charge in [-0.15, -0.1) is 0 Å². The summed E-state index contributed by atoms with van der Waals surface area (Å²) < 4.78 is 29.3. The summed E-state index contributed by atoms with van der Waals surface area (Å²) >= 11 is 5.85. The van der Waals surface area contributed by atoms with Crippen molar-refractivity contribution in [3.63, 3.8) is 0 Å². The first-order chi connectivity index (χ1) is 9.92. The Hall–Kier alpha value is -2.66. The van der Waals surface area contributed by atoms with Crippen LogP contribution in [0, 0.1) is 11.3 Å². The minimum Gasteiger partial charge on any atom is -0.434 e. The van der Waals surface area contributed by atoms with Gasteiger partial charge < -0.3 is 16.2 Å². The van der Waals surface area contributed by atoms with E-state index < -0.39 is 6.61 Å². The van der Waals surface area contributed by atoms with Crippen LogP contribution in [0.3, 0.4) is 0 Å². The maximum Gasteiger partial charge on any atom is 0.387 e. The second kappa shape index (κ2) is 5.76. The molecule has 0 aliphatic heterocycles. The maximum absolute atomic E-state index is 12.5. The first-order valence-electron chi connectivity index (χ1n) is 5.50. The molecule has 2 aromatic rings. The van der Waals surface area contributed by atoms with Crippen molar-refractivity contribution in [1.82, 2.24) is 9.97 Å². The van der Waals surface area contributed by atoms with Crippen molar-refractivity contribution in [2.75, 3.05) is 11.5 Å². The first kappa shape index (κ1) is 14.7. The van der Waals surface area contributed by atoms with Gasteiger partial charge in [0.1, 0.15) is 23.2 Å². The lowest BCUT2D eigenvalue weighted by molar-refractivity contribution is -0.0494. The van der Waals surface area contributed by atoms with Crippen LogP contribution in [0.2, 0.25) is 5.02 Å². The third kappa shape index (κ3) is 3.09. The fourth-order valence-electron chi connectivity index (χ4n) is 1.69. The Morgan fingerprint density at radius 2 is 2.00 bits per heavy atom. The number of nitrogens with two attached hydrogens (primary N) is 2. The standard InChI is InChI=1S/C12H8ClF2N5O/c13-5-1-2-8(21-11(14)15)6(3-5)9-7(4-16)10(17)20-12(18)19-9/h1-3,11H,(H4,17,18,19,20). The van der Waals surface area contributed by atoms with E-state index in [0.717, 1.165) is 0 Å². The zero-order valence-corrected chi connectivity index (χ0v) is 11.1. The molecule has 21 heavy (non-hydrogen) atoms. The summed E-state index contributed by atoms with van der Waals surface area (Å²) in [6, 6.07) is 5.72. The summed E-state index contributed by atoms with van der Waals surface area (Å²) in [6.07, 6.45) is 0. The molecule has 2 rings (SSSR count). The number of nitriles is 1. The highest BCUT2D eigenvalue weighted by molar-refractivity contribution is 6.31. The number of nitrogens with zero attached hydrogens (tertiary/aromatic N) is 3. The van der Waals surface area contributed by atoms with Crippen molar-refractivity contribution in [2.24, 2.45) is 0 Å². The van der Waals surface area contributed by atoms with Gasteiger partial charge in [-0.25, -0.2) is 4.98 Å². The molecule has 0 amide bonds. The smallest absolute Gasteiger partial charge is 0.387 e. The average molecular weight is 312 g/mol. The fraction of sp³-hybridized carbons (Fsp3) is 0.0833. The van der Waals surface area contributed by atoms with Gasteiger partial charge >= 0.3 is 6.61 Å². The molecule has 0 aliphatic carbocycles. The predicted molar refractivity (Wildman–Crippen MR) is 72.6 cm³/mol. The van der Waals surface area contributed by atoms with E-state index in [0.29, 0.717) is 0 Å². The molecule has 0 atom stereocenters.